The first-order valence-corrected chi connectivity index (χ1v) is 7.88. The van der Waals surface area contributed by atoms with E-state index in [0.717, 1.165) is 38.2 Å². The summed E-state index contributed by atoms with van der Waals surface area (Å²) in [5.41, 5.74) is 2.21. The Kier molecular flexibility index (Phi) is 4.17. The van der Waals surface area contributed by atoms with Gasteiger partial charge in [0.25, 0.3) is 0 Å². The number of hydrogen-bond acceptors (Lipinski definition) is 3. The van der Waals surface area contributed by atoms with Crippen LogP contribution >= 0.6 is 31.9 Å². The quantitative estimate of drug-likeness (QED) is 0.819. The van der Waals surface area contributed by atoms with Crippen LogP contribution in [0.4, 0.5) is 5.69 Å². The van der Waals surface area contributed by atoms with Gasteiger partial charge in [-0.05, 0) is 51.8 Å². The van der Waals surface area contributed by atoms with Crippen molar-refractivity contribution in [2.45, 2.75) is 6.54 Å². The number of benzene rings is 2. The van der Waals surface area contributed by atoms with Gasteiger partial charge >= 0.3 is 0 Å². The highest BCUT2D eigenvalue weighted by Crippen LogP contribution is 2.31. The molecule has 2 aromatic rings. The molecule has 0 fully saturated rings. The molecule has 0 saturated carbocycles. The maximum absolute atomic E-state index is 5.59. The summed E-state index contributed by atoms with van der Waals surface area (Å²) in [4.78, 5) is 0. The van der Waals surface area contributed by atoms with Crippen LogP contribution in [0.25, 0.3) is 0 Å². The van der Waals surface area contributed by atoms with E-state index in [2.05, 4.69) is 37.2 Å². The average Bonchev–Trinajstić information content (AvgIpc) is 2.46. The summed E-state index contributed by atoms with van der Waals surface area (Å²) >= 11 is 6.99. The maximum atomic E-state index is 5.59. The summed E-state index contributed by atoms with van der Waals surface area (Å²) in [6, 6.07) is 12.1. The van der Waals surface area contributed by atoms with Gasteiger partial charge in [0, 0.05) is 21.2 Å². The number of nitrogens with one attached hydrogen (secondary N) is 1. The van der Waals surface area contributed by atoms with Crippen molar-refractivity contribution in [3.05, 3.63) is 50.9 Å². The van der Waals surface area contributed by atoms with E-state index in [1.54, 1.807) is 0 Å². The van der Waals surface area contributed by atoms with E-state index in [0.29, 0.717) is 13.2 Å². The van der Waals surface area contributed by atoms with Gasteiger partial charge in [0.05, 0.1) is 0 Å². The van der Waals surface area contributed by atoms with Crippen LogP contribution in [0.1, 0.15) is 5.56 Å². The lowest BCUT2D eigenvalue weighted by molar-refractivity contribution is 0.171. The van der Waals surface area contributed by atoms with Gasteiger partial charge in [-0.15, -0.1) is 0 Å². The molecule has 5 heteroatoms. The molecule has 0 radical (unpaired) electrons. The summed E-state index contributed by atoms with van der Waals surface area (Å²) in [6.45, 7) is 1.97. The number of rotatable bonds is 3. The van der Waals surface area contributed by atoms with Crippen molar-refractivity contribution in [1.29, 1.82) is 0 Å². The van der Waals surface area contributed by atoms with Gasteiger partial charge in [0.2, 0.25) is 0 Å². The molecule has 2 aromatic carbocycles. The number of anilines is 1. The Hall–Kier alpha value is -1.20. The van der Waals surface area contributed by atoms with Crippen LogP contribution < -0.4 is 14.8 Å². The fraction of sp³-hybridized carbons (Fsp3) is 0.200. The highest BCUT2D eigenvalue weighted by molar-refractivity contribution is 9.11. The first-order valence-electron chi connectivity index (χ1n) is 6.30. The van der Waals surface area contributed by atoms with Crippen LogP contribution in [0.15, 0.2) is 45.3 Å². The van der Waals surface area contributed by atoms with Crippen LogP contribution in [0.2, 0.25) is 0 Å². The van der Waals surface area contributed by atoms with Crippen molar-refractivity contribution in [3.8, 4) is 11.5 Å². The third kappa shape index (κ3) is 3.10. The first-order chi connectivity index (χ1) is 9.72. The molecule has 1 aliphatic rings. The standard InChI is InChI=1S/C15H13Br2NO2/c16-11-2-3-13(12(17)8-11)18-9-10-1-4-14-15(7-10)20-6-5-19-14/h1-4,7-8,18H,5-6,9H2. The highest BCUT2D eigenvalue weighted by atomic mass is 79.9. The molecule has 0 aliphatic carbocycles. The van der Waals surface area contributed by atoms with Crippen LogP contribution in [-0.2, 0) is 6.54 Å². The molecular formula is C15H13Br2NO2. The summed E-state index contributed by atoms with van der Waals surface area (Å²) < 4.78 is 13.2. The Morgan fingerprint density at radius 2 is 1.75 bits per heavy atom. The molecule has 0 bridgehead atoms. The number of fused-ring (bicyclic) bond motifs is 1. The molecule has 0 saturated heterocycles. The zero-order valence-corrected chi connectivity index (χ0v) is 13.8. The maximum Gasteiger partial charge on any atom is 0.161 e. The average molecular weight is 399 g/mol. The molecule has 0 spiro atoms. The molecule has 0 amide bonds. The molecule has 1 aliphatic heterocycles. The minimum atomic E-state index is 0.613. The fourth-order valence-electron chi connectivity index (χ4n) is 2.03. The Morgan fingerprint density at radius 3 is 2.55 bits per heavy atom. The normalized spacial score (nSPS) is 13.1. The number of ether oxygens (including phenoxy) is 2. The topological polar surface area (TPSA) is 30.5 Å². The monoisotopic (exact) mass is 397 g/mol. The van der Waals surface area contributed by atoms with E-state index >= 15 is 0 Å². The van der Waals surface area contributed by atoms with E-state index in [9.17, 15) is 0 Å². The zero-order chi connectivity index (χ0) is 13.9. The van der Waals surface area contributed by atoms with Crippen molar-refractivity contribution in [2.75, 3.05) is 18.5 Å². The summed E-state index contributed by atoms with van der Waals surface area (Å²) in [7, 11) is 0. The van der Waals surface area contributed by atoms with Crippen LogP contribution in [0, 0.1) is 0 Å². The Morgan fingerprint density at radius 1 is 0.950 bits per heavy atom. The minimum Gasteiger partial charge on any atom is -0.486 e. The second-order valence-electron chi connectivity index (χ2n) is 4.46. The third-order valence-corrected chi connectivity index (χ3v) is 4.17. The van der Waals surface area contributed by atoms with Gasteiger partial charge in [0.1, 0.15) is 13.2 Å². The SMILES string of the molecule is Brc1ccc(NCc2ccc3c(c2)OCCO3)c(Br)c1. The Bertz CT molecular complexity index is 631. The molecule has 20 heavy (non-hydrogen) atoms. The predicted molar refractivity (Wildman–Crippen MR) is 86.6 cm³/mol. The smallest absolute Gasteiger partial charge is 0.161 e. The Balaban J connectivity index is 1.72. The van der Waals surface area contributed by atoms with Crippen molar-refractivity contribution in [1.82, 2.24) is 0 Å². The summed E-state index contributed by atoms with van der Waals surface area (Å²) in [6.07, 6.45) is 0. The third-order valence-electron chi connectivity index (χ3n) is 3.02. The summed E-state index contributed by atoms with van der Waals surface area (Å²) in [5.74, 6) is 1.65. The molecule has 3 nitrogen and oxygen atoms in total. The molecule has 1 heterocycles. The van der Waals surface area contributed by atoms with Gasteiger partial charge in [-0.2, -0.15) is 0 Å². The minimum absolute atomic E-state index is 0.613. The van der Waals surface area contributed by atoms with Crippen molar-refractivity contribution in [3.63, 3.8) is 0 Å². The lowest BCUT2D eigenvalue weighted by atomic mass is 10.2. The van der Waals surface area contributed by atoms with Crippen molar-refractivity contribution in [2.24, 2.45) is 0 Å². The first kappa shape index (κ1) is 13.8. The van der Waals surface area contributed by atoms with E-state index in [-0.39, 0.29) is 0 Å². The molecular weight excluding hydrogens is 386 g/mol. The lowest BCUT2D eigenvalue weighted by Gasteiger charge is -2.19. The van der Waals surface area contributed by atoms with Gasteiger partial charge in [-0.1, -0.05) is 22.0 Å². The number of halogens is 2. The lowest BCUT2D eigenvalue weighted by Crippen LogP contribution is -2.15. The highest BCUT2D eigenvalue weighted by Gasteiger charge is 2.11. The number of hydrogen-bond donors (Lipinski definition) is 1. The van der Waals surface area contributed by atoms with Crippen molar-refractivity contribution >= 4 is 37.5 Å². The molecule has 104 valence electrons. The van der Waals surface area contributed by atoms with E-state index in [1.165, 1.54) is 0 Å². The second kappa shape index (κ2) is 6.06. The molecule has 0 aromatic heterocycles. The molecule has 1 N–H and O–H groups in total. The van der Waals surface area contributed by atoms with E-state index in [1.807, 2.05) is 36.4 Å². The predicted octanol–water partition coefficient (Wildman–Crippen LogP) is 4.59. The van der Waals surface area contributed by atoms with Crippen LogP contribution in [-0.4, -0.2) is 13.2 Å². The van der Waals surface area contributed by atoms with E-state index < -0.39 is 0 Å². The zero-order valence-electron chi connectivity index (χ0n) is 10.7. The summed E-state index contributed by atoms with van der Waals surface area (Å²) in [5, 5.41) is 3.40. The Labute approximate surface area is 134 Å². The van der Waals surface area contributed by atoms with Gasteiger partial charge < -0.3 is 14.8 Å². The second-order valence-corrected chi connectivity index (χ2v) is 6.23. The van der Waals surface area contributed by atoms with Crippen LogP contribution in [0.3, 0.4) is 0 Å². The van der Waals surface area contributed by atoms with Gasteiger partial charge in [-0.3, -0.25) is 0 Å². The van der Waals surface area contributed by atoms with Crippen molar-refractivity contribution < 1.29 is 9.47 Å². The molecule has 3 rings (SSSR count). The van der Waals surface area contributed by atoms with Crippen LogP contribution in [0.5, 0.6) is 11.5 Å². The molecule has 0 unspecified atom stereocenters. The van der Waals surface area contributed by atoms with Gasteiger partial charge in [0.15, 0.2) is 11.5 Å². The fourth-order valence-corrected chi connectivity index (χ4v) is 3.22. The van der Waals surface area contributed by atoms with E-state index in [4.69, 9.17) is 9.47 Å². The largest absolute Gasteiger partial charge is 0.486 e. The molecule has 0 atom stereocenters. The van der Waals surface area contributed by atoms with Gasteiger partial charge in [-0.25, -0.2) is 0 Å².